The minimum atomic E-state index is 0.0227. The van der Waals surface area contributed by atoms with Gasteiger partial charge in [-0.25, -0.2) is 0 Å². The normalized spacial score (nSPS) is 25.6. The minimum absolute atomic E-state index is 0.0227. The molecule has 62 valence electrons. The summed E-state index contributed by atoms with van der Waals surface area (Å²) in [7, 11) is 0. The SMILES string of the molecule is CC1C=C(C(C)(C)C)C(=O)S1. The molecule has 0 bridgehead atoms. The Balaban J connectivity index is 2.88. The molecule has 1 aliphatic heterocycles. The third kappa shape index (κ3) is 1.86. The summed E-state index contributed by atoms with van der Waals surface area (Å²) in [6, 6.07) is 0. The Bertz CT molecular complexity index is 210. The molecule has 0 aromatic rings. The molecule has 1 rings (SSSR count). The Morgan fingerprint density at radius 1 is 1.45 bits per heavy atom. The smallest absolute Gasteiger partial charge is 0.216 e. The molecule has 0 aromatic carbocycles. The fourth-order valence-corrected chi connectivity index (χ4v) is 2.17. The van der Waals surface area contributed by atoms with Crippen molar-refractivity contribution >= 4 is 16.9 Å². The maximum absolute atomic E-state index is 11.3. The second-order valence-corrected chi connectivity index (χ2v) is 5.29. The topological polar surface area (TPSA) is 17.1 Å². The lowest BCUT2D eigenvalue weighted by Crippen LogP contribution is -2.12. The van der Waals surface area contributed by atoms with Gasteiger partial charge in [-0.3, -0.25) is 4.79 Å². The zero-order chi connectivity index (χ0) is 8.65. The molecule has 11 heavy (non-hydrogen) atoms. The highest BCUT2D eigenvalue weighted by atomic mass is 32.2. The second-order valence-electron chi connectivity index (χ2n) is 3.94. The van der Waals surface area contributed by atoms with Crippen LogP contribution in [0.3, 0.4) is 0 Å². The first-order valence-electron chi connectivity index (χ1n) is 3.84. The molecule has 1 nitrogen and oxygen atoms in total. The quantitative estimate of drug-likeness (QED) is 0.556. The molecular weight excluding hydrogens is 156 g/mol. The van der Waals surface area contributed by atoms with Crippen LogP contribution in [-0.4, -0.2) is 10.4 Å². The molecule has 0 saturated heterocycles. The summed E-state index contributed by atoms with van der Waals surface area (Å²) in [5.74, 6) is 0. The first-order valence-corrected chi connectivity index (χ1v) is 4.72. The van der Waals surface area contributed by atoms with Gasteiger partial charge in [0.05, 0.1) is 0 Å². The van der Waals surface area contributed by atoms with Crippen LogP contribution in [0.25, 0.3) is 0 Å². The lowest BCUT2D eigenvalue weighted by atomic mass is 9.87. The van der Waals surface area contributed by atoms with Crippen molar-refractivity contribution in [3.05, 3.63) is 11.6 Å². The van der Waals surface area contributed by atoms with E-state index in [0.717, 1.165) is 5.57 Å². The van der Waals surface area contributed by atoms with Gasteiger partial charge in [-0.05, 0) is 12.3 Å². The van der Waals surface area contributed by atoms with Crippen LogP contribution in [0, 0.1) is 5.41 Å². The summed E-state index contributed by atoms with van der Waals surface area (Å²) in [6.45, 7) is 8.29. The third-order valence-electron chi connectivity index (χ3n) is 1.72. The van der Waals surface area contributed by atoms with Gasteiger partial charge in [-0.15, -0.1) is 0 Å². The number of carbonyl (C=O) groups excluding carboxylic acids is 1. The van der Waals surface area contributed by atoms with Crippen molar-refractivity contribution in [1.82, 2.24) is 0 Å². The minimum Gasteiger partial charge on any atom is -0.282 e. The molecule has 0 aliphatic carbocycles. The monoisotopic (exact) mass is 170 g/mol. The van der Waals surface area contributed by atoms with E-state index in [9.17, 15) is 4.79 Å². The Kier molecular flexibility index (Phi) is 2.15. The summed E-state index contributed by atoms with van der Waals surface area (Å²) in [5, 5.41) is 0.627. The van der Waals surface area contributed by atoms with Gasteiger partial charge in [0.15, 0.2) is 0 Å². The van der Waals surface area contributed by atoms with Crippen LogP contribution in [-0.2, 0) is 4.79 Å². The van der Waals surface area contributed by atoms with Crippen molar-refractivity contribution in [3.8, 4) is 0 Å². The Hall–Kier alpha value is -0.240. The largest absolute Gasteiger partial charge is 0.282 e. The van der Waals surface area contributed by atoms with Gasteiger partial charge in [-0.1, -0.05) is 38.6 Å². The average molecular weight is 170 g/mol. The van der Waals surface area contributed by atoms with E-state index < -0.39 is 0 Å². The zero-order valence-corrected chi connectivity index (χ0v) is 8.29. The molecule has 0 saturated carbocycles. The summed E-state index contributed by atoms with van der Waals surface area (Å²) in [5.41, 5.74) is 1.00. The van der Waals surface area contributed by atoms with Crippen LogP contribution in [0.4, 0.5) is 0 Å². The first kappa shape index (κ1) is 8.85. The van der Waals surface area contributed by atoms with E-state index in [0.29, 0.717) is 5.25 Å². The molecule has 1 unspecified atom stereocenters. The fraction of sp³-hybridized carbons (Fsp3) is 0.667. The predicted octanol–water partition coefficient (Wildman–Crippen LogP) is 2.62. The molecule has 0 amide bonds. The maximum Gasteiger partial charge on any atom is 0.216 e. The highest BCUT2D eigenvalue weighted by Crippen LogP contribution is 2.37. The summed E-state index contributed by atoms with van der Waals surface area (Å²) in [4.78, 5) is 11.3. The highest BCUT2D eigenvalue weighted by Gasteiger charge is 2.30. The van der Waals surface area contributed by atoms with Gasteiger partial charge in [-0.2, -0.15) is 0 Å². The van der Waals surface area contributed by atoms with Crippen molar-refractivity contribution in [2.45, 2.75) is 32.9 Å². The summed E-state index contributed by atoms with van der Waals surface area (Å²) >= 11 is 1.42. The number of rotatable bonds is 0. The number of hydrogen-bond acceptors (Lipinski definition) is 2. The van der Waals surface area contributed by atoms with E-state index >= 15 is 0 Å². The summed E-state index contributed by atoms with van der Waals surface area (Å²) in [6.07, 6.45) is 2.08. The molecule has 0 fully saturated rings. The van der Waals surface area contributed by atoms with Crippen LogP contribution < -0.4 is 0 Å². The molecular formula is C9H14OS. The van der Waals surface area contributed by atoms with Gasteiger partial charge < -0.3 is 0 Å². The maximum atomic E-state index is 11.3. The number of thioether (sulfide) groups is 1. The van der Waals surface area contributed by atoms with Gasteiger partial charge in [0.1, 0.15) is 0 Å². The van der Waals surface area contributed by atoms with E-state index in [1.54, 1.807) is 0 Å². The van der Waals surface area contributed by atoms with Crippen molar-refractivity contribution in [2.24, 2.45) is 5.41 Å². The second kappa shape index (κ2) is 2.67. The average Bonchev–Trinajstić information content (AvgIpc) is 2.08. The van der Waals surface area contributed by atoms with E-state index in [1.807, 2.05) is 0 Å². The Morgan fingerprint density at radius 2 is 2.00 bits per heavy atom. The molecule has 0 N–H and O–H groups in total. The molecule has 0 aromatic heterocycles. The Morgan fingerprint density at radius 3 is 2.18 bits per heavy atom. The first-order chi connectivity index (χ1) is 4.91. The van der Waals surface area contributed by atoms with Gasteiger partial charge >= 0.3 is 0 Å². The Labute approximate surface area is 72.2 Å². The van der Waals surface area contributed by atoms with Crippen LogP contribution in [0.5, 0.6) is 0 Å². The lowest BCUT2D eigenvalue weighted by molar-refractivity contribution is -0.108. The molecule has 0 spiro atoms. The molecule has 1 atom stereocenters. The van der Waals surface area contributed by atoms with E-state index in [4.69, 9.17) is 0 Å². The zero-order valence-electron chi connectivity index (χ0n) is 7.47. The molecule has 0 radical (unpaired) electrons. The molecule has 1 heterocycles. The van der Waals surface area contributed by atoms with Crippen molar-refractivity contribution in [1.29, 1.82) is 0 Å². The fourth-order valence-electron chi connectivity index (χ4n) is 1.13. The molecule has 1 aliphatic rings. The predicted molar refractivity (Wildman–Crippen MR) is 49.6 cm³/mol. The molecule has 2 heteroatoms. The van der Waals surface area contributed by atoms with Crippen molar-refractivity contribution in [3.63, 3.8) is 0 Å². The van der Waals surface area contributed by atoms with Crippen LogP contribution in [0.1, 0.15) is 27.7 Å². The van der Waals surface area contributed by atoms with Crippen molar-refractivity contribution < 1.29 is 4.79 Å². The van der Waals surface area contributed by atoms with Gasteiger partial charge in [0, 0.05) is 10.8 Å². The van der Waals surface area contributed by atoms with E-state index in [2.05, 4.69) is 33.8 Å². The third-order valence-corrected chi connectivity index (χ3v) is 2.66. The number of carbonyl (C=O) groups is 1. The van der Waals surface area contributed by atoms with E-state index in [-0.39, 0.29) is 10.5 Å². The number of hydrogen-bond donors (Lipinski definition) is 0. The van der Waals surface area contributed by atoms with Gasteiger partial charge in [0.2, 0.25) is 5.12 Å². The van der Waals surface area contributed by atoms with Crippen LogP contribution >= 0.6 is 11.8 Å². The highest BCUT2D eigenvalue weighted by molar-refractivity contribution is 8.15. The van der Waals surface area contributed by atoms with Crippen LogP contribution in [0.2, 0.25) is 0 Å². The lowest BCUT2D eigenvalue weighted by Gasteiger charge is -2.17. The van der Waals surface area contributed by atoms with Crippen LogP contribution in [0.15, 0.2) is 11.6 Å². The van der Waals surface area contributed by atoms with Crippen molar-refractivity contribution in [2.75, 3.05) is 0 Å². The van der Waals surface area contributed by atoms with E-state index in [1.165, 1.54) is 11.8 Å². The standard InChI is InChI=1S/C9H14OS/c1-6-5-7(8(10)11-6)9(2,3)4/h5-6H,1-4H3. The summed E-state index contributed by atoms with van der Waals surface area (Å²) < 4.78 is 0. The van der Waals surface area contributed by atoms with Gasteiger partial charge in [0.25, 0.3) is 0 Å².